The second-order valence-corrected chi connectivity index (χ2v) is 7.43. The van der Waals surface area contributed by atoms with Gasteiger partial charge in [-0.2, -0.15) is 4.98 Å². The molecular weight excluding hydrogens is 354 g/mol. The van der Waals surface area contributed by atoms with Crippen LogP contribution in [-0.4, -0.2) is 51.6 Å². The number of fused-ring (bicyclic) bond motifs is 1. The van der Waals surface area contributed by atoms with Gasteiger partial charge in [-0.1, -0.05) is 17.3 Å². The number of benzene rings is 1. The third-order valence-electron chi connectivity index (χ3n) is 5.65. The highest BCUT2D eigenvalue weighted by Gasteiger charge is 2.40. The fourth-order valence-corrected chi connectivity index (χ4v) is 4.18. The van der Waals surface area contributed by atoms with Crippen molar-refractivity contribution in [2.45, 2.75) is 19.4 Å². The van der Waals surface area contributed by atoms with E-state index < -0.39 is 0 Å². The molecule has 0 unspecified atom stereocenters. The maximum atomic E-state index is 13.1. The minimum absolute atomic E-state index is 0.107. The molecule has 142 valence electrons. The second-order valence-electron chi connectivity index (χ2n) is 7.43. The van der Waals surface area contributed by atoms with E-state index >= 15 is 0 Å². The topological polar surface area (TPSA) is 84.2 Å². The van der Waals surface area contributed by atoms with Crippen LogP contribution >= 0.6 is 0 Å². The summed E-state index contributed by atoms with van der Waals surface area (Å²) in [5, 5.41) is 7.20. The lowest BCUT2D eigenvalue weighted by atomic mass is 10.0. The quantitative estimate of drug-likeness (QED) is 0.757. The Morgan fingerprint density at radius 3 is 2.93 bits per heavy atom. The summed E-state index contributed by atoms with van der Waals surface area (Å²) in [6.45, 7) is 4.54. The Labute approximate surface area is 162 Å². The summed E-state index contributed by atoms with van der Waals surface area (Å²) in [5.74, 6) is 1.74. The molecule has 2 saturated heterocycles. The van der Waals surface area contributed by atoms with Gasteiger partial charge in [0, 0.05) is 43.0 Å². The second kappa shape index (κ2) is 6.83. The maximum Gasteiger partial charge on any atom is 0.259 e. The number of carbonyl (C=O) groups is 1. The third-order valence-corrected chi connectivity index (χ3v) is 5.65. The standard InChI is InChI=1S/C21H21N5O2/c1-13-24-20(28-25-13)17-5-6-18(23-11-17)14-3-2-4-15(9-14)21(27)26-8-7-16-10-22-12-19(16)26/h2-6,9,11,16,19,22H,7-8,10,12H2,1H3/t16-,19+/m0/s1. The van der Waals surface area contributed by atoms with E-state index in [4.69, 9.17) is 4.52 Å². The number of nitrogens with one attached hydrogen (secondary N) is 1. The summed E-state index contributed by atoms with van der Waals surface area (Å²) in [6, 6.07) is 11.8. The Morgan fingerprint density at radius 1 is 1.21 bits per heavy atom. The van der Waals surface area contributed by atoms with Crippen LogP contribution in [-0.2, 0) is 0 Å². The van der Waals surface area contributed by atoms with Crippen LogP contribution in [0.25, 0.3) is 22.7 Å². The molecule has 1 amide bonds. The largest absolute Gasteiger partial charge is 0.334 e. The van der Waals surface area contributed by atoms with E-state index in [9.17, 15) is 4.79 Å². The molecule has 4 heterocycles. The molecule has 28 heavy (non-hydrogen) atoms. The molecule has 2 atom stereocenters. The van der Waals surface area contributed by atoms with E-state index in [0.717, 1.165) is 42.9 Å². The number of likely N-dealkylation sites (tertiary alicyclic amines) is 1. The lowest BCUT2D eigenvalue weighted by Gasteiger charge is -2.23. The first-order valence-corrected chi connectivity index (χ1v) is 9.58. The van der Waals surface area contributed by atoms with Crippen molar-refractivity contribution in [2.24, 2.45) is 5.92 Å². The van der Waals surface area contributed by atoms with Gasteiger partial charge >= 0.3 is 0 Å². The van der Waals surface area contributed by atoms with Crippen LogP contribution in [0.4, 0.5) is 0 Å². The Bertz CT molecular complexity index is 1010. The maximum absolute atomic E-state index is 13.1. The van der Waals surface area contributed by atoms with Crippen LogP contribution in [0.3, 0.4) is 0 Å². The average Bonchev–Trinajstić information content (AvgIpc) is 3.45. The Balaban J connectivity index is 1.39. The number of carbonyl (C=O) groups excluding carboxylic acids is 1. The van der Waals surface area contributed by atoms with E-state index in [-0.39, 0.29) is 5.91 Å². The predicted octanol–water partition coefficient (Wildman–Crippen LogP) is 2.54. The molecule has 0 spiro atoms. The zero-order chi connectivity index (χ0) is 19.1. The number of aryl methyl sites for hydroxylation is 1. The van der Waals surface area contributed by atoms with Gasteiger partial charge in [-0.3, -0.25) is 9.78 Å². The van der Waals surface area contributed by atoms with Crippen molar-refractivity contribution in [1.29, 1.82) is 0 Å². The Kier molecular flexibility index (Phi) is 4.16. The van der Waals surface area contributed by atoms with Crippen LogP contribution in [0.2, 0.25) is 0 Å². The summed E-state index contributed by atoms with van der Waals surface area (Å²) in [6.07, 6.45) is 2.80. The van der Waals surface area contributed by atoms with Crippen LogP contribution < -0.4 is 5.32 Å². The molecule has 0 aliphatic carbocycles. The molecule has 0 radical (unpaired) electrons. The number of pyridine rings is 1. The molecule has 2 aliphatic rings. The van der Waals surface area contributed by atoms with Crippen molar-refractivity contribution in [2.75, 3.05) is 19.6 Å². The molecule has 7 heteroatoms. The van der Waals surface area contributed by atoms with Crippen molar-refractivity contribution in [1.82, 2.24) is 25.3 Å². The zero-order valence-corrected chi connectivity index (χ0v) is 15.6. The third kappa shape index (κ3) is 2.97. The molecule has 5 rings (SSSR count). The lowest BCUT2D eigenvalue weighted by molar-refractivity contribution is 0.0737. The fraction of sp³-hybridized carbons (Fsp3) is 0.333. The van der Waals surface area contributed by atoms with Crippen LogP contribution in [0.5, 0.6) is 0 Å². The van der Waals surface area contributed by atoms with Crippen molar-refractivity contribution in [3.8, 4) is 22.7 Å². The number of hydrogen-bond donors (Lipinski definition) is 1. The lowest BCUT2D eigenvalue weighted by Crippen LogP contribution is -2.39. The highest BCUT2D eigenvalue weighted by atomic mass is 16.5. The number of nitrogens with zero attached hydrogens (tertiary/aromatic N) is 4. The first kappa shape index (κ1) is 17.1. The highest BCUT2D eigenvalue weighted by molar-refractivity contribution is 5.95. The van der Waals surface area contributed by atoms with E-state index in [1.165, 1.54) is 0 Å². The predicted molar refractivity (Wildman–Crippen MR) is 104 cm³/mol. The summed E-state index contributed by atoms with van der Waals surface area (Å²) in [4.78, 5) is 23.8. The number of rotatable bonds is 3. The van der Waals surface area contributed by atoms with E-state index in [1.807, 2.05) is 41.3 Å². The Morgan fingerprint density at radius 2 is 2.14 bits per heavy atom. The number of hydrogen-bond acceptors (Lipinski definition) is 6. The van der Waals surface area contributed by atoms with Gasteiger partial charge in [-0.05, 0) is 43.5 Å². The molecule has 1 aromatic carbocycles. The molecule has 0 saturated carbocycles. The van der Waals surface area contributed by atoms with Crippen molar-refractivity contribution in [3.63, 3.8) is 0 Å². The summed E-state index contributed by atoms with van der Waals surface area (Å²) in [5.41, 5.74) is 3.20. The van der Waals surface area contributed by atoms with E-state index in [2.05, 4.69) is 20.4 Å². The van der Waals surface area contributed by atoms with Gasteiger partial charge < -0.3 is 14.7 Å². The van der Waals surface area contributed by atoms with E-state index in [0.29, 0.717) is 29.2 Å². The van der Waals surface area contributed by atoms with Gasteiger partial charge in [-0.15, -0.1) is 0 Å². The summed E-state index contributed by atoms with van der Waals surface area (Å²) < 4.78 is 5.18. The van der Waals surface area contributed by atoms with E-state index in [1.54, 1.807) is 13.1 Å². The minimum Gasteiger partial charge on any atom is -0.334 e. The van der Waals surface area contributed by atoms with Gasteiger partial charge in [-0.25, -0.2) is 0 Å². The first-order chi connectivity index (χ1) is 13.7. The van der Waals surface area contributed by atoms with Crippen LogP contribution in [0, 0.1) is 12.8 Å². The molecule has 2 aliphatic heterocycles. The van der Waals surface area contributed by atoms with Crippen molar-refractivity contribution in [3.05, 3.63) is 54.0 Å². The SMILES string of the molecule is Cc1noc(-c2ccc(-c3cccc(C(=O)N4CC[C@H]5CNC[C@H]54)c3)nc2)n1. The zero-order valence-electron chi connectivity index (χ0n) is 15.6. The average molecular weight is 375 g/mol. The minimum atomic E-state index is 0.107. The van der Waals surface area contributed by atoms with Gasteiger partial charge in [0.2, 0.25) is 0 Å². The molecule has 2 aromatic heterocycles. The molecule has 1 N–H and O–H groups in total. The van der Waals surface area contributed by atoms with Gasteiger partial charge in [0.15, 0.2) is 5.82 Å². The van der Waals surface area contributed by atoms with Crippen LogP contribution in [0.1, 0.15) is 22.6 Å². The van der Waals surface area contributed by atoms with Crippen LogP contribution in [0.15, 0.2) is 47.1 Å². The first-order valence-electron chi connectivity index (χ1n) is 9.58. The molecule has 0 bridgehead atoms. The van der Waals surface area contributed by atoms with Gasteiger partial charge in [0.25, 0.3) is 11.8 Å². The number of amides is 1. The summed E-state index contributed by atoms with van der Waals surface area (Å²) in [7, 11) is 0. The molecule has 3 aromatic rings. The molecule has 7 nitrogen and oxygen atoms in total. The molecular formula is C21H21N5O2. The fourth-order valence-electron chi connectivity index (χ4n) is 4.18. The van der Waals surface area contributed by atoms with Crippen molar-refractivity contribution < 1.29 is 9.32 Å². The van der Waals surface area contributed by atoms with Gasteiger partial charge in [0.05, 0.1) is 11.3 Å². The Hall–Kier alpha value is -3.06. The smallest absolute Gasteiger partial charge is 0.259 e. The van der Waals surface area contributed by atoms with Gasteiger partial charge in [0.1, 0.15) is 0 Å². The number of aromatic nitrogens is 3. The normalized spacial score (nSPS) is 21.1. The highest BCUT2D eigenvalue weighted by Crippen LogP contribution is 2.29. The summed E-state index contributed by atoms with van der Waals surface area (Å²) >= 11 is 0. The monoisotopic (exact) mass is 375 g/mol. The molecule has 2 fully saturated rings. The van der Waals surface area contributed by atoms with Crippen molar-refractivity contribution >= 4 is 5.91 Å².